The van der Waals surface area contributed by atoms with Crippen LogP contribution in [0.25, 0.3) is 0 Å². The zero-order valence-electron chi connectivity index (χ0n) is 8.23. The fourth-order valence-electron chi connectivity index (χ4n) is 1.37. The van der Waals surface area contributed by atoms with Gasteiger partial charge in [-0.05, 0) is 40.3 Å². The lowest BCUT2D eigenvalue weighted by atomic mass is 10.2. The van der Waals surface area contributed by atoms with E-state index in [0.717, 1.165) is 5.56 Å². The quantitative estimate of drug-likeness (QED) is 0.790. The van der Waals surface area contributed by atoms with Gasteiger partial charge < -0.3 is 0 Å². The highest BCUT2D eigenvalue weighted by Crippen LogP contribution is 2.04. The minimum absolute atomic E-state index is 0.111. The predicted octanol–water partition coefficient (Wildman–Crippen LogP) is 2.04. The molecule has 0 aliphatic carbocycles. The molecule has 16 heavy (non-hydrogen) atoms. The van der Waals surface area contributed by atoms with E-state index in [1.165, 1.54) is 29.2 Å². The van der Waals surface area contributed by atoms with Gasteiger partial charge >= 0.3 is 0 Å². The molecule has 2 rings (SSSR count). The molecule has 3 nitrogen and oxygen atoms in total. The Hall–Kier alpha value is -1.24. The van der Waals surface area contributed by atoms with Crippen LogP contribution in [0.1, 0.15) is 5.56 Å². The summed E-state index contributed by atoms with van der Waals surface area (Å²) in [7, 11) is 0. The van der Waals surface area contributed by atoms with Crippen molar-refractivity contribution in [3.63, 3.8) is 0 Å². The maximum absolute atomic E-state index is 12.9. The Morgan fingerprint density at radius 2 is 2.25 bits per heavy atom. The highest BCUT2D eigenvalue weighted by molar-refractivity contribution is 14.1. The first-order chi connectivity index (χ1) is 7.66. The molecule has 0 unspecified atom stereocenters. The third-order valence-electron chi connectivity index (χ3n) is 2.10. The van der Waals surface area contributed by atoms with Crippen LogP contribution in [-0.4, -0.2) is 9.55 Å². The standard InChI is InChI=1S/C11H8FIN2O/c12-9-3-1-2-8(4-9)6-15-7-14-5-10(13)11(15)16/h1-5,7H,6H2. The third kappa shape index (κ3) is 2.46. The van der Waals surface area contributed by atoms with E-state index in [-0.39, 0.29) is 11.4 Å². The van der Waals surface area contributed by atoms with Crippen molar-refractivity contribution < 1.29 is 4.39 Å². The van der Waals surface area contributed by atoms with E-state index in [1.54, 1.807) is 12.1 Å². The molecule has 0 spiro atoms. The predicted molar refractivity (Wildman–Crippen MR) is 66.7 cm³/mol. The Kier molecular flexibility index (Phi) is 3.33. The third-order valence-corrected chi connectivity index (χ3v) is 2.84. The van der Waals surface area contributed by atoms with Crippen molar-refractivity contribution >= 4 is 22.6 Å². The Morgan fingerprint density at radius 1 is 1.44 bits per heavy atom. The van der Waals surface area contributed by atoms with Crippen LogP contribution >= 0.6 is 22.6 Å². The summed E-state index contributed by atoms with van der Waals surface area (Å²) < 4.78 is 15.0. The van der Waals surface area contributed by atoms with E-state index in [2.05, 4.69) is 4.98 Å². The highest BCUT2D eigenvalue weighted by atomic mass is 127. The molecule has 82 valence electrons. The Morgan fingerprint density at radius 3 is 3.00 bits per heavy atom. The first kappa shape index (κ1) is 11.3. The lowest BCUT2D eigenvalue weighted by Gasteiger charge is -2.05. The molecule has 0 fully saturated rings. The van der Waals surface area contributed by atoms with Crippen LogP contribution in [0.5, 0.6) is 0 Å². The summed E-state index contributed by atoms with van der Waals surface area (Å²) in [6.07, 6.45) is 2.96. The smallest absolute Gasteiger partial charge is 0.267 e. The first-order valence-corrected chi connectivity index (χ1v) is 5.69. The molecule has 0 saturated carbocycles. The molecule has 0 N–H and O–H groups in total. The van der Waals surface area contributed by atoms with Crippen molar-refractivity contribution in [2.75, 3.05) is 0 Å². The number of rotatable bonds is 2. The second-order valence-electron chi connectivity index (χ2n) is 3.30. The van der Waals surface area contributed by atoms with Crippen LogP contribution < -0.4 is 5.56 Å². The summed E-state index contributed by atoms with van der Waals surface area (Å²) in [6.45, 7) is 0.334. The zero-order chi connectivity index (χ0) is 11.5. The molecular weight excluding hydrogens is 322 g/mol. The molecule has 1 aromatic heterocycles. The molecule has 0 bridgehead atoms. The summed E-state index contributed by atoms with van der Waals surface area (Å²) in [5.74, 6) is -0.302. The second kappa shape index (κ2) is 4.73. The number of halogens is 2. The van der Waals surface area contributed by atoms with Gasteiger partial charge in [-0.2, -0.15) is 0 Å². The number of nitrogens with zero attached hydrogens (tertiary/aromatic N) is 2. The molecule has 1 aromatic carbocycles. The Balaban J connectivity index is 2.34. The number of hydrogen-bond acceptors (Lipinski definition) is 2. The summed E-state index contributed by atoms with van der Waals surface area (Å²) in [4.78, 5) is 15.6. The van der Waals surface area contributed by atoms with Crippen LogP contribution in [0.4, 0.5) is 4.39 Å². The molecule has 1 heterocycles. The first-order valence-electron chi connectivity index (χ1n) is 4.61. The normalized spacial score (nSPS) is 10.4. The molecular formula is C11H8FIN2O. The highest BCUT2D eigenvalue weighted by Gasteiger charge is 2.02. The Bertz CT molecular complexity index is 568. The van der Waals surface area contributed by atoms with E-state index < -0.39 is 0 Å². The van der Waals surface area contributed by atoms with Gasteiger partial charge in [-0.25, -0.2) is 9.37 Å². The van der Waals surface area contributed by atoms with Gasteiger partial charge in [0, 0.05) is 6.20 Å². The maximum atomic E-state index is 12.9. The molecule has 2 aromatic rings. The van der Waals surface area contributed by atoms with Gasteiger partial charge in [0.2, 0.25) is 0 Å². The molecule has 0 saturated heterocycles. The molecule has 0 radical (unpaired) electrons. The van der Waals surface area contributed by atoms with Crippen molar-refractivity contribution in [1.29, 1.82) is 0 Å². The fourth-order valence-corrected chi connectivity index (χ4v) is 1.84. The van der Waals surface area contributed by atoms with Gasteiger partial charge in [-0.1, -0.05) is 12.1 Å². The average molecular weight is 330 g/mol. The van der Waals surface area contributed by atoms with Gasteiger partial charge in [0.05, 0.1) is 16.4 Å². The van der Waals surface area contributed by atoms with E-state index >= 15 is 0 Å². The van der Waals surface area contributed by atoms with Gasteiger partial charge in [-0.15, -0.1) is 0 Å². The van der Waals surface area contributed by atoms with Crippen LogP contribution in [0, 0.1) is 9.39 Å². The van der Waals surface area contributed by atoms with Gasteiger partial charge in [0.25, 0.3) is 5.56 Å². The van der Waals surface area contributed by atoms with Crippen LogP contribution in [0.3, 0.4) is 0 Å². The van der Waals surface area contributed by atoms with E-state index in [0.29, 0.717) is 10.1 Å². The minimum Gasteiger partial charge on any atom is -0.294 e. The molecule has 5 heteroatoms. The van der Waals surface area contributed by atoms with Crippen LogP contribution in [0.2, 0.25) is 0 Å². The van der Waals surface area contributed by atoms with Crippen molar-refractivity contribution in [2.24, 2.45) is 0 Å². The summed E-state index contributed by atoms with van der Waals surface area (Å²) in [5, 5.41) is 0. The number of hydrogen-bond donors (Lipinski definition) is 0. The summed E-state index contributed by atoms with van der Waals surface area (Å²) in [6, 6.07) is 6.18. The van der Waals surface area contributed by atoms with E-state index in [1.807, 2.05) is 22.6 Å². The number of aromatic nitrogens is 2. The van der Waals surface area contributed by atoms with Crippen molar-refractivity contribution in [1.82, 2.24) is 9.55 Å². The van der Waals surface area contributed by atoms with Crippen LogP contribution in [0.15, 0.2) is 41.6 Å². The lowest BCUT2D eigenvalue weighted by molar-refractivity contribution is 0.622. The van der Waals surface area contributed by atoms with Crippen LogP contribution in [-0.2, 0) is 6.54 Å². The van der Waals surface area contributed by atoms with Gasteiger partial charge in [0.15, 0.2) is 0 Å². The lowest BCUT2D eigenvalue weighted by Crippen LogP contribution is -2.22. The topological polar surface area (TPSA) is 34.9 Å². The average Bonchev–Trinajstić information content (AvgIpc) is 2.25. The van der Waals surface area contributed by atoms with Crippen molar-refractivity contribution in [3.05, 3.63) is 62.1 Å². The Labute approximate surface area is 105 Å². The van der Waals surface area contributed by atoms with Crippen molar-refractivity contribution in [3.8, 4) is 0 Å². The monoisotopic (exact) mass is 330 g/mol. The van der Waals surface area contributed by atoms with Gasteiger partial charge in [0.1, 0.15) is 5.82 Å². The molecule has 0 aliphatic rings. The fraction of sp³-hybridized carbons (Fsp3) is 0.0909. The molecule has 0 aliphatic heterocycles. The van der Waals surface area contributed by atoms with Gasteiger partial charge in [-0.3, -0.25) is 9.36 Å². The summed E-state index contributed by atoms with van der Waals surface area (Å²) >= 11 is 1.93. The molecule has 0 atom stereocenters. The second-order valence-corrected chi connectivity index (χ2v) is 4.47. The SMILES string of the molecule is O=c1c(I)cncn1Cc1cccc(F)c1. The van der Waals surface area contributed by atoms with E-state index in [9.17, 15) is 9.18 Å². The minimum atomic E-state index is -0.302. The van der Waals surface area contributed by atoms with E-state index in [4.69, 9.17) is 0 Å². The largest absolute Gasteiger partial charge is 0.294 e. The zero-order valence-corrected chi connectivity index (χ0v) is 10.4. The molecule has 0 amide bonds. The number of benzene rings is 1. The maximum Gasteiger partial charge on any atom is 0.267 e. The van der Waals surface area contributed by atoms with Crippen molar-refractivity contribution in [2.45, 2.75) is 6.54 Å². The summed E-state index contributed by atoms with van der Waals surface area (Å²) in [5.41, 5.74) is 0.630.